The second-order valence-corrected chi connectivity index (χ2v) is 34.9. The smallest absolute Gasteiger partial charge is 0.326 e. The second kappa shape index (κ2) is 58.2. The van der Waals surface area contributed by atoms with Crippen LogP contribution >= 0.6 is 0 Å². The minimum atomic E-state index is -1.94. The topological polar surface area (TPSA) is 716 Å². The van der Waals surface area contributed by atoms with Crippen LogP contribution in [0, 0.1) is 17.2 Å². The number of fused-ring (bicyclic) bond motifs is 1. The number of benzene rings is 5. The van der Waals surface area contributed by atoms with Gasteiger partial charge < -0.3 is 139 Å². The number of guanidine groups is 1. The van der Waals surface area contributed by atoms with Crippen molar-refractivity contribution in [1.82, 2.24) is 94.7 Å². The van der Waals surface area contributed by atoms with E-state index in [-0.39, 0.29) is 120 Å². The summed E-state index contributed by atoms with van der Waals surface area (Å²) in [6.07, 6.45) is 3.52. The van der Waals surface area contributed by atoms with Gasteiger partial charge in [0, 0.05) is 74.1 Å². The molecule has 0 aliphatic heterocycles. The molecular formula is C96H136N24O19. The molecule has 7 aromatic rings. The zero-order valence-corrected chi connectivity index (χ0v) is 78.9. The molecule has 14 atom stereocenters. The highest BCUT2D eigenvalue weighted by Gasteiger charge is 2.40. The van der Waals surface area contributed by atoms with Gasteiger partial charge in [0.2, 0.25) is 82.7 Å². The Morgan fingerprint density at radius 2 is 0.755 bits per heavy atom. The molecule has 7 rings (SSSR count). The number of amides is 14. The van der Waals surface area contributed by atoms with Crippen molar-refractivity contribution in [2.24, 2.45) is 40.5 Å². The van der Waals surface area contributed by atoms with Gasteiger partial charge in [-0.15, -0.1) is 0 Å². The highest BCUT2D eigenvalue weighted by Crippen LogP contribution is 2.22. The Bertz CT molecular complexity index is 5170. The van der Waals surface area contributed by atoms with E-state index in [0.29, 0.717) is 72.9 Å². The van der Waals surface area contributed by atoms with Crippen molar-refractivity contribution in [2.75, 3.05) is 39.3 Å². The summed E-state index contributed by atoms with van der Waals surface area (Å²) < 4.78 is 0. The number of imidazole rings is 1. The van der Waals surface area contributed by atoms with Crippen molar-refractivity contribution in [3.63, 3.8) is 0 Å². The van der Waals surface area contributed by atoms with Gasteiger partial charge in [-0.1, -0.05) is 131 Å². The second-order valence-electron chi connectivity index (χ2n) is 34.9. The third-order valence-corrected chi connectivity index (χ3v) is 22.8. The standard InChI is InChI=1S/C96H136N24O19/c1-55(2)43-72(88(131)111-69(28-15-18-40-98)85(128)110-70(29-16-19-41-99)87(130)118-78(95(138)139)48-62-51-105-67-26-13-12-25-66(62)67)113-86(129)71(30-20-42-104-96(101)102)112-90(133)75(45-59-23-10-7-11-24-59)116-93(136)81(56(3)4)119-92(135)77(49-63-52-103-54-107-63)117-94(137)82(57(5)121)120-91(134)76(47-61-33-37-65(123)38-34-61)115-89(132)74(44-58-21-8-6-9-22-58)109-80(125)53-106-83(126)73(46-60-31-35-64(122)36-32-60)114-84(127)68(27-14-17-39-97)108-79(124)50-100/h6-13,21-26,31-38,51-52,54-57,68-78,81-82,105,121-123H,14-20,27-30,39-50,53,97-100H2,1-5H3,(H,103,107)(H,106,126)(H,108,124)(H,109,125)(H,110,128)(H,111,131)(H,112,133)(H,113,129)(H,114,127)(H,115,132)(H,116,136)(H,117,137)(H,118,130)(H,119,135)(H,120,134)(H,138,139)(H4,101,102,104)/t57-,68+,69+,70+,71+,72+,73+,74+,75+,76+,77+,78+,81+,82+/m1/s1. The molecule has 0 unspecified atom stereocenters. The summed E-state index contributed by atoms with van der Waals surface area (Å²) >= 11 is 0. The van der Waals surface area contributed by atoms with Crippen molar-refractivity contribution in [3.05, 3.63) is 186 Å². The Labute approximate surface area is 806 Å². The highest BCUT2D eigenvalue weighted by molar-refractivity contribution is 6.01. The summed E-state index contributed by atoms with van der Waals surface area (Å²) in [4.78, 5) is 226. The van der Waals surface area contributed by atoms with Crippen LogP contribution in [0.3, 0.4) is 0 Å². The van der Waals surface area contributed by atoms with Crippen LogP contribution in [0.2, 0.25) is 0 Å². The van der Waals surface area contributed by atoms with Crippen LogP contribution in [0.1, 0.15) is 145 Å². The molecule has 139 heavy (non-hydrogen) atoms. The number of aromatic hydroxyl groups is 2. The molecular weight excluding hydrogens is 1790 g/mol. The van der Waals surface area contributed by atoms with Gasteiger partial charge >= 0.3 is 5.97 Å². The number of H-pyrrole nitrogens is 2. The van der Waals surface area contributed by atoms with Gasteiger partial charge in [-0.2, -0.15) is 0 Å². The van der Waals surface area contributed by atoms with Crippen molar-refractivity contribution < 1.29 is 92.3 Å². The van der Waals surface area contributed by atoms with Crippen molar-refractivity contribution >= 4 is 106 Å². The van der Waals surface area contributed by atoms with E-state index in [9.17, 15) is 68.4 Å². The van der Waals surface area contributed by atoms with E-state index in [4.69, 9.17) is 34.1 Å². The third-order valence-electron chi connectivity index (χ3n) is 22.8. The zero-order valence-electron chi connectivity index (χ0n) is 78.9. The predicted octanol–water partition coefficient (Wildman–Crippen LogP) is -1.75. The molecule has 0 spiro atoms. The number of hydrogen-bond acceptors (Lipinski definition) is 24. The largest absolute Gasteiger partial charge is 0.508 e. The first-order valence-corrected chi connectivity index (χ1v) is 46.6. The molecule has 2 aromatic heterocycles. The van der Waals surface area contributed by atoms with Crippen LogP contribution in [0.4, 0.5) is 0 Å². The molecule has 0 fully saturated rings. The Morgan fingerprint density at radius 3 is 1.19 bits per heavy atom. The molecule has 0 aliphatic carbocycles. The maximum absolute atomic E-state index is 15.2. The lowest BCUT2D eigenvalue weighted by Gasteiger charge is -2.30. The van der Waals surface area contributed by atoms with Gasteiger partial charge in [-0.3, -0.25) is 72.5 Å². The van der Waals surface area contributed by atoms with Crippen molar-refractivity contribution in [2.45, 2.75) is 235 Å². The first-order valence-electron chi connectivity index (χ1n) is 46.6. The number of carbonyl (C=O) groups is 15. The van der Waals surface area contributed by atoms with Crippen LogP contribution in [0.15, 0.2) is 152 Å². The Hall–Kier alpha value is -14.4. The number of hydrogen-bond donors (Lipinski definition) is 27. The quantitative estimate of drug-likeness (QED) is 0.0114. The predicted molar refractivity (Wildman–Crippen MR) is 517 cm³/mol. The van der Waals surface area contributed by atoms with Gasteiger partial charge in [0.05, 0.1) is 25.5 Å². The Balaban J connectivity index is 1.10. The fraction of sp³-hybridized carbons (Fsp3) is 0.469. The van der Waals surface area contributed by atoms with Gasteiger partial charge in [0.25, 0.3) is 0 Å². The van der Waals surface area contributed by atoms with Crippen molar-refractivity contribution in [3.8, 4) is 11.5 Å². The molecule has 0 saturated carbocycles. The number of carbonyl (C=O) groups excluding carboxylic acids is 14. The number of aliphatic carboxylic acids is 1. The number of aliphatic hydroxyl groups excluding tert-OH is 1. The van der Waals surface area contributed by atoms with E-state index in [1.807, 2.05) is 18.2 Å². The summed E-state index contributed by atoms with van der Waals surface area (Å²) in [6.45, 7) is 7.40. The third kappa shape index (κ3) is 38.6. The number of aliphatic hydroxyl groups is 1. The Kier molecular flexibility index (Phi) is 46.7. The zero-order chi connectivity index (χ0) is 102. The first kappa shape index (κ1) is 112. The van der Waals surface area contributed by atoms with Crippen LogP contribution in [0.25, 0.3) is 10.9 Å². The average molecular weight is 1930 g/mol. The molecule has 0 aliphatic rings. The summed E-state index contributed by atoms with van der Waals surface area (Å²) in [5.74, 6) is -15.8. The number of aromatic nitrogens is 3. The maximum Gasteiger partial charge on any atom is 0.326 e. The van der Waals surface area contributed by atoms with Crippen molar-refractivity contribution in [1.29, 1.82) is 5.41 Å². The molecule has 754 valence electrons. The van der Waals surface area contributed by atoms with E-state index in [1.54, 1.807) is 101 Å². The molecule has 0 bridgehead atoms. The lowest BCUT2D eigenvalue weighted by atomic mass is 9.99. The molecule has 2 heterocycles. The van der Waals surface area contributed by atoms with Crippen LogP contribution < -0.4 is 108 Å². The number of nitrogens with zero attached hydrogens (tertiary/aromatic N) is 1. The molecule has 43 nitrogen and oxygen atoms in total. The minimum absolute atomic E-state index is 0.000755. The number of carboxylic acids is 1. The molecule has 0 saturated heterocycles. The first-order chi connectivity index (χ1) is 66.5. The van der Waals surface area contributed by atoms with Gasteiger partial charge in [0.1, 0.15) is 90.0 Å². The number of phenolic OH excluding ortho intramolecular Hbond substituents is 2. The lowest BCUT2D eigenvalue weighted by Crippen LogP contribution is -2.63. The van der Waals surface area contributed by atoms with Crippen LogP contribution in [0.5, 0.6) is 11.5 Å². The van der Waals surface area contributed by atoms with Crippen LogP contribution in [-0.2, 0) is 110 Å². The number of rotatable bonds is 61. The highest BCUT2D eigenvalue weighted by atomic mass is 16.4. The Morgan fingerprint density at radius 1 is 0.381 bits per heavy atom. The monoisotopic (exact) mass is 1930 g/mol. The number of para-hydroxylation sites is 1. The molecule has 5 aromatic carbocycles. The molecule has 43 heteroatoms. The van der Waals surface area contributed by atoms with E-state index in [2.05, 4.69) is 94.7 Å². The molecule has 0 radical (unpaired) electrons. The average Bonchev–Trinajstić information content (AvgIpc) is 1.66. The van der Waals surface area contributed by atoms with Gasteiger partial charge in [-0.05, 0) is 174 Å². The SMILES string of the molecule is CC(C)C[C@H](NC(=O)[C@H](CCCNC(=N)N)NC(=O)[C@H](Cc1ccccc1)NC(=O)[C@@H](NC(=O)[C@H](Cc1cnc[nH]1)NC(=O)[C@@H](NC(=O)[C@H](Cc1ccc(O)cc1)NC(=O)[C@H](Cc1ccccc1)NC(=O)CNC(=O)[C@H](Cc1ccc(O)cc1)NC(=O)[C@H](CCCCN)NC(=O)CN)[C@@H](C)O)C(C)C)C(=O)N[C@@H](CCCCN)C(=O)N[C@@H](CCCCN)C(=O)N[C@@H](Cc1c[nH]c2ccccc12)C(=O)O. The minimum Gasteiger partial charge on any atom is -0.508 e. The summed E-state index contributed by atoms with van der Waals surface area (Å²) in [7, 11) is 0. The van der Waals surface area contributed by atoms with E-state index in [0.717, 1.165) is 17.8 Å². The van der Waals surface area contributed by atoms with E-state index in [1.165, 1.54) is 61.1 Å². The maximum atomic E-state index is 15.2. The molecule has 14 amide bonds. The fourth-order valence-corrected chi connectivity index (χ4v) is 15.3. The lowest BCUT2D eigenvalue weighted by molar-refractivity contribution is -0.142. The number of phenols is 2. The number of aromatic amines is 2. The number of unbranched alkanes of at least 4 members (excludes halogenated alkanes) is 3. The molecule has 32 N–H and O–H groups in total. The summed E-state index contributed by atoms with van der Waals surface area (Å²) in [6, 6.07) is 15.8. The van der Waals surface area contributed by atoms with E-state index < -0.39 is 198 Å². The van der Waals surface area contributed by atoms with Gasteiger partial charge in [-0.25, -0.2) is 9.78 Å². The normalized spacial score (nSPS) is 14.2. The summed E-state index contributed by atoms with van der Waals surface area (Å²) in [5, 5.41) is 90.6. The van der Waals surface area contributed by atoms with Crippen LogP contribution in [-0.4, -0.2) is 254 Å². The summed E-state index contributed by atoms with van der Waals surface area (Å²) in [5.41, 5.74) is 32.1. The number of nitrogens with one attached hydrogen (secondary N) is 18. The van der Waals surface area contributed by atoms with E-state index >= 15 is 24.0 Å². The fourth-order valence-electron chi connectivity index (χ4n) is 15.3. The number of carboxylic acid groups (broad SMARTS) is 1. The number of nitrogens with two attached hydrogens (primary N) is 5. The van der Waals surface area contributed by atoms with Gasteiger partial charge in [0.15, 0.2) is 5.96 Å².